The van der Waals surface area contributed by atoms with Crippen LogP contribution in [-0.4, -0.2) is 75.8 Å². The van der Waals surface area contributed by atoms with Crippen LogP contribution in [0.2, 0.25) is 0 Å². The Morgan fingerprint density at radius 2 is 1.56 bits per heavy atom. The van der Waals surface area contributed by atoms with Crippen LogP contribution in [0, 0.1) is 0 Å². The van der Waals surface area contributed by atoms with E-state index in [1.807, 2.05) is 0 Å². The van der Waals surface area contributed by atoms with Gasteiger partial charge in [0.05, 0.1) is 18.6 Å². The van der Waals surface area contributed by atoms with Crippen molar-refractivity contribution in [2.45, 2.75) is 50.5 Å². The Morgan fingerprint density at radius 3 is 1.96 bits per heavy atom. The standard InChI is InChI=1S/C14H25N5O7S/c1-5(11(22)18-8(4-27)14(25)26)17-13(24)10(6(2)20)19-12(23)7(15)3-9(16)21/h5-8,10,20,27H,3-4,15H2,1-2H3,(H2,16,21)(H,17,24)(H,18,22)(H,19,23)(H,25,26). The van der Waals surface area contributed by atoms with Gasteiger partial charge in [-0.25, -0.2) is 4.79 Å². The average molecular weight is 407 g/mol. The van der Waals surface area contributed by atoms with Crippen LogP contribution in [0.5, 0.6) is 0 Å². The Labute approximate surface area is 160 Å². The van der Waals surface area contributed by atoms with Crippen molar-refractivity contribution in [3.05, 3.63) is 0 Å². The summed E-state index contributed by atoms with van der Waals surface area (Å²) in [6.45, 7) is 2.50. The van der Waals surface area contributed by atoms with E-state index in [0.717, 1.165) is 0 Å². The number of aliphatic hydroxyl groups excluding tert-OH is 1. The lowest BCUT2D eigenvalue weighted by atomic mass is 10.1. The van der Waals surface area contributed by atoms with Gasteiger partial charge in [0.25, 0.3) is 0 Å². The number of carboxylic acid groups (broad SMARTS) is 1. The Bertz CT molecular complexity index is 586. The molecule has 0 saturated heterocycles. The topological polar surface area (TPSA) is 214 Å². The minimum absolute atomic E-state index is 0.161. The SMILES string of the molecule is CC(NC(=O)C(NC(=O)C(N)CC(N)=O)C(C)O)C(=O)NC(CS)C(=O)O. The number of primary amides is 1. The lowest BCUT2D eigenvalue weighted by Gasteiger charge is -2.24. The van der Waals surface area contributed by atoms with Crippen LogP contribution < -0.4 is 27.4 Å². The number of aliphatic carboxylic acids is 1. The number of nitrogens with two attached hydrogens (primary N) is 2. The first-order chi connectivity index (χ1) is 12.4. The van der Waals surface area contributed by atoms with Crippen molar-refractivity contribution in [1.82, 2.24) is 16.0 Å². The largest absolute Gasteiger partial charge is 0.480 e. The Kier molecular flexibility index (Phi) is 10.4. The van der Waals surface area contributed by atoms with E-state index in [-0.39, 0.29) is 5.75 Å². The fraction of sp³-hybridized carbons (Fsp3) is 0.643. The smallest absolute Gasteiger partial charge is 0.327 e. The van der Waals surface area contributed by atoms with Crippen molar-refractivity contribution in [3.8, 4) is 0 Å². The van der Waals surface area contributed by atoms with Gasteiger partial charge in [0, 0.05) is 5.75 Å². The summed E-state index contributed by atoms with van der Waals surface area (Å²) in [6, 6.07) is -5.20. The van der Waals surface area contributed by atoms with Crippen molar-refractivity contribution in [2.75, 3.05) is 5.75 Å². The molecular weight excluding hydrogens is 382 g/mol. The molecule has 5 unspecified atom stereocenters. The van der Waals surface area contributed by atoms with Crippen LogP contribution in [0.3, 0.4) is 0 Å². The van der Waals surface area contributed by atoms with Crippen molar-refractivity contribution in [1.29, 1.82) is 0 Å². The number of hydrogen-bond acceptors (Lipinski definition) is 8. The van der Waals surface area contributed by atoms with Gasteiger partial charge in [0.2, 0.25) is 23.6 Å². The molecule has 0 saturated carbocycles. The molecule has 0 aliphatic heterocycles. The summed E-state index contributed by atoms with van der Waals surface area (Å²) >= 11 is 3.80. The number of nitrogens with one attached hydrogen (secondary N) is 3. The van der Waals surface area contributed by atoms with Crippen LogP contribution in [0.4, 0.5) is 0 Å². The number of amides is 4. The third kappa shape index (κ3) is 8.70. The molecular formula is C14H25N5O7S. The molecule has 13 heteroatoms. The monoisotopic (exact) mass is 407 g/mol. The highest BCUT2D eigenvalue weighted by Gasteiger charge is 2.30. The van der Waals surface area contributed by atoms with E-state index in [0.29, 0.717) is 0 Å². The summed E-state index contributed by atoms with van der Waals surface area (Å²) in [4.78, 5) is 57.8. The molecule has 4 amide bonds. The second-order valence-corrected chi connectivity index (χ2v) is 6.18. The van der Waals surface area contributed by atoms with Gasteiger partial charge in [-0.3, -0.25) is 19.2 Å². The molecule has 0 aromatic heterocycles. The third-order valence-corrected chi connectivity index (χ3v) is 3.73. The average Bonchev–Trinajstić information content (AvgIpc) is 2.55. The zero-order valence-corrected chi connectivity index (χ0v) is 15.7. The zero-order valence-electron chi connectivity index (χ0n) is 14.8. The van der Waals surface area contributed by atoms with Crippen LogP contribution >= 0.6 is 12.6 Å². The van der Waals surface area contributed by atoms with E-state index in [4.69, 9.17) is 16.6 Å². The number of thiol groups is 1. The number of hydrogen-bond donors (Lipinski definition) is 8. The summed E-state index contributed by atoms with van der Waals surface area (Å²) < 4.78 is 0. The second kappa shape index (κ2) is 11.4. The van der Waals surface area contributed by atoms with Crippen LogP contribution in [0.1, 0.15) is 20.3 Å². The first kappa shape index (κ1) is 24.6. The van der Waals surface area contributed by atoms with E-state index in [2.05, 4.69) is 28.6 Å². The fourth-order valence-electron chi connectivity index (χ4n) is 1.83. The van der Waals surface area contributed by atoms with Gasteiger partial charge in [0.15, 0.2) is 0 Å². The Morgan fingerprint density at radius 1 is 1.00 bits per heavy atom. The molecule has 0 spiro atoms. The highest BCUT2D eigenvalue weighted by Crippen LogP contribution is 1.98. The Hall–Kier alpha value is -2.38. The van der Waals surface area contributed by atoms with E-state index in [1.165, 1.54) is 13.8 Å². The fourth-order valence-corrected chi connectivity index (χ4v) is 2.07. The first-order valence-electron chi connectivity index (χ1n) is 7.87. The maximum absolute atomic E-state index is 12.2. The summed E-state index contributed by atoms with van der Waals surface area (Å²) in [5, 5.41) is 25.2. The quantitative estimate of drug-likeness (QED) is 0.158. The molecule has 0 radical (unpaired) electrons. The van der Waals surface area contributed by atoms with Crippen LogP contribution in [-0.2, 0) is 24.0 Å². The molecule has 0 aliphatic carbocycles. The van der Waals surface area contributed by atoms with E-state index in [9.17, 15) is 29.1 Å². The van der Waals surface area contributed by atoms with Crippen molar-refractivity contribution in [2.24, 2.45) is 11.5 Å². The predicted molar refractivity (Wildman–Crippen MR) is 96.4 cm³/mol. The molecule has 0 aromatic rings. The van der Waals surface area contributed by atoms with Crippen LogP contribution in [0.15, 0.2) is 0 Å². The molecule has 0 bridgehead atoms. The molecule has 0 heterocycles. The van der Waals surface area contributed by atoms with Gasteiger partial charge in [-0.2, -0.15) is 12.6 Å². The zero-order chi connectivity index (χ0) is 21.3. The highest BCUT2D eigenvalue weighted by atomic mass is 32.1. The van der Waals surface area contributed by atoms with E-state index < -0.39 is 66.3 Å². The maximum Gasteiger partial charge on any atom is 0.327 e. The Balaban J connectivity index is 4.92. The van der Waals surface area contributed by atoms with Gasteiger partial charge in [-0.05, 0) is 13.8 Å². The molecule has 12 nitrogen and oxygen atoms in total. The van der Waals surface area contributed by atoms with Crippen molar-refractivity contribution >= 4 is 42.2 Å². The minimum atomic E-state index is -1.47. The van der Waals surface area contributed by atoms with Gasteiger partial charge in [-0.1, -0.05) is 0 Å². The number of carbonyl (C=O) groups excluding carboxylic acids is 4. The molecule has 0 aliphatic rings. The summed E-state index contributed by atoms with van der Waals surface area (Å²) in [6.07, 6.45) is -1.81. The summed E-state index contributed by atoms with van der Waals surface area (Å²) in [7, 11) is 0. The number of carboxylic acids is 1. The van der Waals surface area contributed by atoms with Gasteiger partial charge in [-0.15, -0.1) is 0 Å². The molecule has 0 rings (SSSR count). The normalized spacial score (nSPS) is 16.2. The van der Waals surface area contributed by atoms with Gasteiger partial charge in [0.1, 0.15) is 18.1 Å². The van der Waals surface area contributed by atoms with E-state index in [1.54, 1.807) is 0 Å². The lowest BCUT2D eigenvalue weighted by molar-refractivity contribution is -0.141. The lowest BCUT2D eigenvalue weighted by Crippen LogP contribution is -2.59. The molecule has 5 atom stereocenters. The summed E-state index contributed by atoms with van der Waals surface area (Å²) in [5.41, 5.74) is 10.4. The second-order valence-electron chi connectivity index (χ2n) is 5.82. The first-order valence-corrected chi connectivity index (χ1v) is 8.50. The van der Waals surface area contributed by atoms with Crippen LogP contribution in [0.25, 0.3) is 0 Å². The third-order valence-electron chi connectivity index (χ3n) is 3.37. The molecule has 9 N–H and O–H groups in total. The van der Waals surface area contributed by atoms with Crippen molar-refractivity contribution < 1.29 is 34.2 Å². The summed E-state index contributed by atoms with van der Waals surface area (Å²) in [5.74, 6) is -4.89. The molecule has 0 aromatic carbocycles. The minimum Gasteiger partial charge on any atom is -0.480 e. The molecule has 27 heavy (non-hydrogen) atoms. The van der Waals surface area contributed by atoms with Gasteiger partial charge < -0.3 is 37.6 Å². The number of aliphatic hydroxyl groups is 1. The number of carbonyl (C=O) groups is 5. The maximum atomic E-state index is 12.2. The molecule has 154 valence electrons. The van der Waals surface area contributed by atoms with Crippen molar-refractivity contribution in [3.63, 3.8) is 0 Å². The van der Waals surface area contributed by atoms with E-state index >= 15 is 0 Å². The predicted octanol–water partition coefficient (Wildman–Crippen LogP) is -3.94. The van der Waals surface area contributed by atoms with Gasteiger partial charge >= 0.3 is 5.97 Å². The highest BCUT2D eigenvalue weighted by molar-refractivity contribution is 7.80. The molecule has 0 fully saturated rings. The number of rotatable bonds is 11.